The van der Waals surface area contributed by atoms with Crippen LogP contribution in [0.3, 0.4) is 0 Å². The van der Waals surface area contributed by atoms with Crippen LogP contribution in [0.5, 0.6) is 0 Å². The summed E-state index contributed by atoms with van der Waals surface area (Å²) in [6, 6.07) is 5.33. The van der Waals surface area contributed by atoms with Crippen LogP contribution in [-0.2, 0) is 12.8 Å². The molecule has 10 heavy (non-hydrogen) atoms. The average Bonchev–Trinajstić information content (AvgIpc) is 2.19. The van der Waals surface area contributed by atoms with E-state index in [4.69, 9.17) is 5.48 Å². The molecule has 0 nitrogen and oxygen atoms in total. The van der Waals surface area contributed by atoms with Crippen LogP contribution in [0.15, 0.2) is 22.7 Å². The molecule has 0 heterocycles. The molecule has 0 unspecified atom stereocenters. The minimum atomic E-state index is -1.90. The lowest BCUT2D eigenvalue weighted by Crippen LogP contribution is -1.81. The van der Waals surface area contributed by atoms with Crippen molar-refractivity contribution in [1.82, 2.24) is 0 Å². The number of hydrogen-bond acceptors (Lipinski definition) is 0. The van der Waals surface area contributed by atoms with Crippen LogP contribution in [0, 0.1) is 0 Å². The zero-order valence-corrected chi connectivity index (χ0v) is 6.90. The molecule has 0 bridgehead atoms. The standard InChI is InChI=1S/C9H9Br/c10-9-6-2-4-7-3-1-5-8(7)9/h2,4,6H,1,3,5H2/i1D2,5D2. The largest absolute Gasteiger partial charge is 0.0609 e. The molecule has 2 rings (SSSR count). The summed E-state index contributed by atoms with van der Waals surface area (Å²) in [6.07, 6.45) is -3.56. The number of aryl methyl sites for hydroxylation is 1. The van der Waals surface area contributed by atoms with Crippen molar-refractivity contribution in [2.75, 3.05) is 0 Å². The van der Waals surface area contributed by atoms with Gasteiger partial charge in [0.2, 0.25) is 0 Å². The molecule has 0 amide bonds. The Bertz CT molecular complexity index is 386. The molecule has 0 fully saturated rings. The van der Waals surface area contributed by atoms with E-state index in [2.05, 4.69) is 15.9 Å². The van der Waals surface area contributed by atoms with E-state index >= 15 is 0 Å². The number of fused-ring (bicyclic) bond motifs is 1. The highest BCUT2D eigenvalue weighted by molar-refractivity contribution is 9.10. The van der Waals surface area contributed by atoms with Crippen LogP contribution in [0.1, 0.15) is 23.0 Å². The Morgan fingerprint density at radius 2 is 2.40 bits per heavy atom. The molecular formula is C9H9Br. The molecular weight excluding hydrogens is 188 g/mol. The minimum Gasteiger partial charge on any atom is -0.0609 e. The Kier molecular flexibility index (Phi) is 0.811. The molecule has 0 atom stereocenters. The lowest BCUT2D eigenvalue weighted by atomic mass is 10.1. The lowest BCUT2D eigenvalue weighted by molar-refractivity contribution is 0.910. The summed E-state index contributed by atoms with van der Waals surface area (Å²) >= 11 is 3.27. The van der Waals surface area contributed by atoms with E-state index in [9.17, 15) is 0 Å². The summed E-state index contributed by atoms with van der Waals surface area (Å²) < 4.78 is 31.5. The summed E-state index contributed by atoms with van der Waals surface area (Å²) in [5, 5.41) is 0. The van der Waals surface area contributed by atoms with E-state index in [1.165, 1.54) is 0 Å². The zero-order valence-electron chi connectivity index (χ0n) is 9.32. The van der Waals surface area contributed by atoms with E-state index in [0.29, 0.717) is 10.0 Å². The molecule has 1 aliphatic rings. The third kappa shape index (κ3) is 0.891. The predicted molar refractivity (Wildman–Crippen MR) is 46.2 cm³/mol. The summed E-state index contributed by atoms with van der Waals surface area (Å²) in [7, 11) is 0. The summed E-state index contributed by atoms with van der Waals surface area (Å²) in [6.45, 7) is 0. The SMILES string of the molecule is [2H]C1([2H])Cc2cccc(Br)c2C1([2H])[2H]. The third-order valence-corrected chi connectivity index (χ3v) is 2.25. The second-order valence-corrected chi connectivity index (χ2v) is 3.11. The van der Waals surface area contributed by atoms with Gasteiger partial charge in [-0.05, 0) is 36.4 Å². The minimum absolute atomic E-state index is 0.148. The highest BCUT2D eigenvalue weighted by Gasteiger charge is 2.11. The van der Waals surface area contributed by atoms with Gasteiger partial charge in [-0.25, -0.2) is 0 Å². The van der Waals surface area contributed by atoms with Gasteiger partial charge < -0.3 is 0 Å². The average molecular weight is 201 g/mol. The number of rotatable bonds is 0. The van der Waals surface area contributed by atoms with Gasteiger partial charge in [0, 0.05) is 9.96 Å². The smallest absolute Gasteiger partial charge is 0.0317 e. The number of halogens is 1. The van der Waals surface area contributed by atoms with Gasteiger partial charge >= 0.3 is 0 Å². The van der Waals surface area contributed by atoms with Crippen LogP contribution in [0.25, 0.3) is 0 Å². The van der Waals surface area contributed by atoms with E-state index in [1.54, 1.807) is 18.2 Å². The first-order valence-electron chi connectivity index (χ1n) is 5.14. The topological polar surface area (TPSA) is 0 Å². The van der Waals surface area contributed by atoms with E-state index in [1.807, 2.05) is 0 Å². The fraction of sp³-hybridized carbons (Fsp3) is 0.333. The first-order chi connectivity index (χ1) is 6.36. The van der Waals surface area contributed by atoms with Gasteiger partial charge in [-0.3, -0.25) is 0 Å². The second kappa shape index (κ2) is 2.39. The van der Waals surface area contributed by atoms with Gasteiger partial charge in [-0.1, -0.05) is 28.1 Å². The van der Waals surface area contributed by atoms with E-state index < -0.39 is 12.7 Å². The van der Waals surface area contributed by atoms with E-state index in [0.717, 1.165) is 5.56 Å². The van der Waals surface area contributed by atoms with Crippen LogP contribution in [0.2, 0.25) is 0 Å². The van der Waals surface area contributed by atoms with Gasteiger partial charge in [-0.15, -0.1) is 0 Å². The van der Waals surface area contributed by atoms with Gasteiger partial charge in [0.05, 0.1) is 0 Å². The van der Waals surface area contributed by atoms with Crippen LogP contribution >= 0.6 is 15.9 Å². The normalized spacial score (nSPS) is 31.3. The fourth-order valence-electron chi connectivity index (χ4n) is 1.08. The fourth-order valence-corrected chi connectivity index (χ4v) is 1.59. The number of benzene rings is 1. The van der Waals surface area contributed by atoms with Gasteiger partial charge in [-0.2, -0.15) is 0 Å². The molecule has 0 spiro atoms. The Morgan fingerprint density at radius 3 is 3.20 bits per heavy atom. The summed E-state index contributed by atoms with van der Waals surface area (Å²) in [5.74, 6) is 0. The maximum Gasteiger partial charge on any atom is 0.0317 e. The van der Waals surface area contributed by atoms with Gasteiger partial charge in [0.25, 0.3) is 0 Å². The highest BCUT2D eigenvalue weighted by Crippen LogP contribution is 2.28. The zero-order chi connectivity index (χ0) is 10.6. The van der Waals surface area contributed by atoms with Crippen molar-refractivity contribution < 1.29 is 5.48 Å². The van der Waals surface area contributed by atoms with Crippen molar-refractivity contribution in [2.45, 2.75) is 19.2 Å². The summed E-state index contributed by atoms with van der Waals surface area (Å²) in [5.41, 5.74) is 1.22. The molecule has 0 aromatic heterocycles. The van der Waals surface area contributed by atoms with E-state index in [-0.39, 0.29) is 6.42 Å². The Morgan fingerprint density at radius 1 is 1.50 bits per heavy atom. The second-order valence-electron chi connectivity index (χ2n) is 2.25. The van der Waals surface area contributed by atoms with Crippen LogP contribution in [0.4, 0.5) is 0 Å². The maximum atomic E-state index is 7.77. The first kappa shape index (κ1) is 3.40. The molecule has 0 N–H and O–H groups in total. The van der Waals surface area contributed by atoms with Crippen molar-refractivity contribution >= 4 is 15.9 Å². The Hall–Kier alpha value is -0.300. The van der Waals surface area contributed by atoms with Crippen molar-refractivity contribution in [3.8, 4) is 0 Å². The molecule has 0 saturated heterocycles. The van der Waals surface area contributed by atoms with Crippen LogP contribution in [-0.4, -0.2) is 0 Å². The lowest BCUT2D eigenvalue weighted by Gasteiger charge is -1.99. The molecule has 1 aromatic rings. The number of hydrogen-bond donors (Lipinski definition) is 0. The molecule has 52 valence electrons. The van der Waals surface area contributed by atoms with Gasteiger partial charge in [0.15, 0.2) is 0 Å². The molecule has 0 saturated carbocycles. The van der Waals surface area contributed by atoms with Gasteiger partial charge in [0.1, 0.15) is 0 Å². The van der Waals surface area contributed by atoms with Crippen molar-refractivity contribution in [3.63, 3.8) is 0 Å². The van der Waals surface area contributed by atoms with Crippen LogP contribution < -0.4 is 0 Å². The quantitative estimate of drug-likeness (QED) is 0.605. The maximum absolute atomic E-state index is 7.77. The van der Waals surface area contributed by atoms with Crippen molar-refractivity contribution in [3.05, 3.63) is 33.8 Å². The third-order valence-electron chi connectivity index (χ3n) is 1.59. The molecule has 1 aliphatic carbocycles. The monoisotopic (exact) mass is 200 g/mol. The first-order valence-corrected chi connectivity index (χ1v) is 3.93. The van der Waals surface area contributed by atoms with Crippen molar-refractivity contribution in [2.24, 2.45) is 0 Å². The molecule has 1 heteroatoms. The Labute approximate surface area is 75.0 Å². The predicted octanol–water partition coefficient (Wildman–Crippen LogP) is 2.94. The molecule has 0 aliphatic heterocycles. The molecule has 1 aromatic carbocycles. The van der Waals surface area contributed by atoms with Crippen molar-refractivity contribution in [1.29, 1.82) is 0 Å². The Balaban J connectivity index is 2.68. The molecule has 0 radical (unpaired) electrons. The summed E-state index contributed by atoms with van der Waals surface area (Å²) in [4.78, 5) is 0. The highest BCUT2D eigenvalue weighted by atomic mass is 79.9.